The summed E-state index contributed by atoms with van der Waals surface area (Å²) >= 11 is 12.2. The number of nitrogens with zero attached hydrogens (tertiary/aromatic N) is 1. The molecule has 2 fully saturated rings. The van der Waals surface area contributed by atoms with E-state index in [4.69, 9.17) is 23.2 Å². The highest BCUT2D eigenvalue weighted by Crippen LogP contribution is 2.36. The van der Waals surface area contributed by atoms with Crippen LogP contribution in [-0.4, -0.2) is 24.4 Å². The number of carbonyl (C=O) groups excluding carboxylic acids is 2. The molecule has 1 saturated heterocycles. The standard InChI is InChI=1S/C18H22Cl2N2O2/c1-11-5-2-3-7-14(11)21-18(24)12-9-16(23)22(10-12)15-8-4-6-13(19)17(15)20/h4,6,8,11-12,14H,2-3,5,7,9-10H2,1H3,(H,21,24)/t11-,12-,14+/m1/s1. The van der Waals surface area contributed by atoms with E-state index in [9.17, 15) is 9.59 Å². The van der Waals surface area contributed by atoms with Crippen LogP contribution in [0.4, 0.5) is 5.69 Å². The number of hydrogen-bond acceptors (Lipinski definition) is 2. The lowest BCUT2D eigenvalue weighted by atomic mass is 9.85. The minimum absolute atomic E-state index is 0.0252. The van der Waals surface area contributed by atoms with Crippen molar-refractivity contribution in [2.75, 3.05) is 11.4 Å². The third-order valence-electron chi connectivity index (χ3n) is 5.16. The second-order valence-electron chi connectivity index (χ2n) is 6.86. The molecule has 1 N–H and O–H groups in total. The van der Waals surface area contributed by atoms with Crippen LogP contribution < -0.4 is 10.2 Å². The average molecular weight is 369 g/mol. The molecule has 1 aromatic rings. The molecule has 3 atom stereocenters. The molecule has 0 radical (unpaired) electrons. The zero-order valence-corrected chi connectivity index (χ0v) is 15.2. The van der Waals surface area contributed by atoms with E-state index in [1.807, 2.05) is 0 Å². The number of nitrogens with one attached hydrogen (secondary N) is 1. The van der Waals surface area contributed by atoms with Gasteiger partial charge in [-0.25, -0.2) is 0 Å². The van der Waals surface area contributed by atoms with Crippen LogP contribution in [0.2, 0.25) is 10.0 Å². The molecule has 0 unspecified atom stereocenters. The van der Waals surface area contributed by atoms with Crippen molar-refractivity contribution in [2.24, 2.45) is 11.8 Å². The summed E-state index contributed by atoms with van der Waals surface area (Å²) in [5, 5.41) is 3.92. The summed E-state index contributed by atoms with van der Waals surface area (Å²) in [7, 11) is 0. The van der Waals surface area contributed by atoms with Gasteiger partial charge in [-0.1, -0.05) is 49.0 Å². The van der Waals surface area contributed by atoms with Crippen molar-refractivity contribution in [3.8, 4) is 0 Å². The van der Waals surface area contributed by atoms with Gasteiger partial charge in [0.25, 0.3) is 0 Å². The van der Waals surface area contributed by atoms with E-state index in [-0.39, 0.29) is 30.2 Å². The summed E-state index contributed by atoms with van der Waals surface area (Å²) in [6, 6.07) is 5.43. The summed E-state index contributed by atoms with van der Waals surface area (Å²) in [5.74, 6) is 0.0544. The van der Waals surface area contributed by atoms with Crippen molar-refractivity contribution in [3.05, 3.63) is 28.2 Å². The Morgan fingerprint density at radius 3 is 2.75 bits per heavy atom. The zero-order chi connectivity index (χ0) is 17.3. The molecule has 0 spiro atoms. The van der Waals surface area contributed by atoms with Gasteiger partial charge in [-0.15, -0.1) is 0 Å². The lowest BCUT2D eigenvalue weighted by molar-refractivity contribution is -0.127. The van der Waals surface area contributed by atoms with Gasteiger partial charge in [0.05, 0.1) is 21.7 Å². The molecule has 2 aliphatic rings. The highest BCUT2D eigenvalue weighted by Gasteiger charge is 2.37. The highest BCUT2D eigenvalue weighted by atomic mass is 35.5. The maximum Gasteiger partial charge on any atom is 0.227 e. The predicted octanol–water partition coefficient (Wildman–Crippen LogP) is 4.04. The Hall–Kier alpha value is -1.26. The molecule has 130 valence electrons. The van der Waals surface area contributed by atoms with Crippen molar-refractivity contribution in [3.63, 3.8) is 0 Å². The Morgan fingerprint density at radius 1 is 1.25 bits per heavy atom. The van der Waals surface area contributed by atoms with Crippen LogP contribution in [0.25, 0.3) is 0 Å². The van der Waals surface area contributed by atoms with E-state index in [0.717, 1.165) is 19.3 Å². The average Bonchev–Trinajstić information content (AvgIpc) is 2.94. The van der Waals surface area contributed by atoms with Gasteiger partial charge in [0, 0.05) is 19.0 Å². The number of benzene rings is 1. The SMILES string of the molecule is C[C@@H]1CCCC[C@@H]1NC(=O)[C@@H]1CC(=O)N(c2cccc(Cl)c2Cl)C1. The largest absolute Gasteiger partial charge is 0.353 e. The third kappa shape index (κ3) is 3.55. The topological polar surface area (TPSA) is 49.4 Å². The highest BCUT2D eigenvalue weighted by molar-refractivity contribution is 6.44. The first-order chi connectivity index (χ1) is 11.5. The first kappa shape index (κ1) is 17.6. The first-order valence-corrected chi connectivity index (χ1v) is 9.27. The van der Waals surface area contributed by atoms with Crippen molar-refractivity contribution in [2.45, 2.75) is 45.1 Å². The van der Waals surface area contributed by atoms with Gasteiger partial charge in [-0.2, -0.15) is 0 Å². The second-order valence-corrected chi connectivity index (χ2v) is 7.64. The second kappa shape index (κ2) is 7.32. The fourth-order valence-corrected chi connectivity index (χ4v) is 4.05. The van der Waals surface area contributed by atoms with Crippen LogP contribution >= 0.6 is 23.2 Å². The van der Waals surface area contributed by atoms with Gasteiger partial charge in [-0.3, -0.25) is 9.59 Å². The molecule has 1 saturated carbocycles. The predicted molar refractivity (Wildman–Crippen MR) is 96.5 cm³/mol. The van der Waals surface area contributed by atoms with Crippen molar-refractivity contribution < 1.29 is 9.59 Å². The van der Waals surface area contributed by atoms with Gasteiger partial charge < -0.3 is 10.2 Å². The Kier molecular flexibility index (Phi) is 5.36. The van der Waals surface area contributed by atoms with E-state index in [1.165, 1.54) is 6.42 Å². The normalized spacial score (nSPS) is 27.4. The van der Waals surface area contributed by atoms with Gasteiger partial charge in [0.2, 0.25) is 11.8 Å². The molecule has 1 heterocycles. The van der Waals surface area contributed by atoms with Gasteiger partial charge in [-0.05, 0) is 30.9 Å². The molecular weight excluding hydrogens is 347 g/mol. The first-order valence-electron chi connectivity index (χ1n) is 8.52. The fourth-order valence-electron chi connectivity index (χ4n) is 3.65. The van der Waals surface area contributed by atoms with Crippen LogP contribution in [0, 0.1) is 11.8 Å². The Balaban J connectivity index is 1.68. The van der Waals surface area contributed by atoms with E-state index in [1.54, 1.807) is 23.1 Å². The molecule has 6 heteroatoms. The molecule has 1 aromatic carbocycles. The summed E-state index contributed by atoms with van der Waals surface area (Å²) in [4.78, 5) is 26.5. The molecule has 0 aromatic heterocycles. The van der Waals surface area contributed by atoms with Crippen molar-refractivity contribution in [1.29, 1.82) is 0 Å². The molecule has 3 rings (SSSR count). The van der Waals surface area contributed by atoms with Crippen LogP contribution in [-0.2, 0) is 9.59 Å². The minimum atomic E-state index is -0.332. The van der Waals surface area contributed by atoms with Crippen molar-refractivity contribution >= 4 is 40.7 Å². The fraction of sp³-hybridized carbons (Fsp3) is 0.556. The number of carbonyl (C=O) groups is 2. The quantitative estimate of drug-likeness (QED) is 0.874. The molecule has 1 aliphatic heterocycles. The molecular formula is C18H22Cl2N2O2. The lowest BCUT2D eigenvalue weighted by Crippen LogP contribution is -2.44. The molecule has 1 aliphatic carbocycles. The van der Waals surface area contributed by atoms with Gasteiger partial charge >= 0.3 is 0 Å². The van der Waals surface area contributed by atoms with Gasteiger partial charge in [0.15, 0.2) is 0 Å². The van der Waals surface area contributed by atoms with E-state index >= 15 is 0 Å². The van der Waals surface area contributed by atoms with E-state index in [0.29, 0.717) is 28.2 Å². The molecule has 4 nitrogen and oxygen atoms in total. The van der Waals surface area contributed by atoms with Crippen LogP contribution in [0.15, 0.2) is 18.2 Å². The van der Waals surface area contributed by atoms with Crippen LogP contribution in [0.5, 0.6) is 0 Å². The lowest BCUT2D eigenvalue weighted by Gasteiger charge is -2.30. The Labute approximate surface area is 152 Å². The molecule has 0 bridgehead atoms. The molecule has 24 heavy (non-hydrogen) atoms. The van der Waals surface area contributed by atoms with Crippen molar-refractivity contribution in [1.82, 2.24) is 5.32 Å². The maximum atomic E-state index is 12.6. The number of halogens is 2. The number of amides is 2. The number of rotatable bonds is 3. The minimum Gasteiger partial charge on any atom is -0.353 e. The Morgan fingerprint density at radius 2 is 2.00 bits per heavy atom. The van der Waals surface area contributed by atoms with Gasteiger partial charge in [0.1, 0.15) is 0 Å². The summed E-state index contributed by atoms with van der Waals surface area (Å²) in [6.07, 6.45) is 4.78. The van der Waals surface area contributed by atoms with Crippen LogP contribution in [0.3, 0.4) is 0 Å². The molecule has 2 amide bonds. The Bertz CT molecular complexity index is 650. The maximum absolute atomic E-state index is 12.6. The third-order valence-corrected chi connectivity index (χ3v) is 5.97. The van der Waals surface area contributed by atoms with Crippen LogP contribution in [0.1, 0.15) is 39.0 Å². The number of hydrogen-bond donors (Lipinski definition) is 1. The monoisotopic (exact) mass is 368 g/mol. The van der Waals surface area contributed by atoms with E-state index < -0.39 is 0 Å². The smallest absolute Gasteiger partial charge is 0.227 e. The van der Waals surface area contributed by atoms with E-state index in [2.05, 4.69) is 12.2 Å². The summed E-state index contributed by atoms with van der Waals surface area (Å²) < 4.78 is 0. The summed E-state index contributed by atoms with van der Waals surface area (Å²) in [5.41, 5.74) is 0.579. The summed E-state index contributed by atoms with van der Waals surface area (Å²) in [6.45, 7) is 2.54. The zero-order valence-electron chi connectivity index (χ0n) is 13.7. The number of anilines is 1.